The van der Waals surface area contributed by atoms with Crippen molar-refractivity contribution >= 4 is 11.9 Å². The summed E-state index contributed by atoms with van der Waals surface area (Å²) in [7, 11) is 0. The summed E-state index contributed by atoms with van der Waals surface area (Å²) in [5.74, 6) is 0.424. The van der Waals surface area contributed by atoms with Gasteiger partial charge in [0, 0.05) is 25.6 Å². The van der Waals surface area contributed by atoms with Crippen LogP contribution in [0.15, 0.2) is 42.5 Å². The lowest BCUT2D eigenvalue weighted by Crippen LogP contribution is -2.51. The molecule has 33 heavy (non-hydrogen) atoms. The quantitative estimate of drug-likeness (QED) is 0.571. The van der Waals surface area contributed by atoms with Crippen LogP contribution in [0.1, 0.15) is 36.0 Å². The molecular weight excluding hydrogens is 420 g/mol. The molecule has 2 aromatic rings. The zero-order valence-corrected chi connectivity index (χ0v) is 19.7. The fraction of sp³-hybridized carbons (Fsp3) is 0.462. The molecule has 178 valence electrons. The number of ether oxygens (including phenoxy) is 2. The van der Waals surface area contributed by atoms with E-state index in [-0.39, 0.29) is 18.6 Å². The minimum Gasteiger partial charge on any atom is -0.494 e. The largest absolute Gasteiger partial charge is 0.494 e. The van der Waals surface area contributed by atoms with Crippen LogP contribution >= 0.6 is 0 Å². The Kier molecular flexibility index (Phi) is 8.72. The van der Waals surface area contributed by atoms with E-state index in [1.165, 1.54) is 5.56 Å². The number of carbonyl (C=O) groups excluding carboxylic acids is 1. The summed E-state index contributed by atoms with van der Waals surface area (Å²) in [6.45, 7) is 7.61. The van der Waals surface area contributed by atoms with E-state index in [4.69, 9.17) is 9.47 Å². The van der Waals surface area contributed by atoms with Gasteiger partial charge in [0.25, 0.3) is 5.91 Å². The van der Waals surface area contributed by atoms with Crippen LogP contribution in [0.2, 0.25) is 0 Å². The normalized spacial score (nSPS) is 15.6. The van der Waals surface area contributed by atoms with Crippen LogP contribution in [0.3, 0.4) is 0 Å². The van der Waals surface area contributed by atoms with Crippen LogP contribution in [0, 0.1) is 20.8 Å². The Balaban J connectivity index is 1.40. The van der Waals surface area contributed by atoms with Crippen molar-refractivity contribution in [2.75, 3.05) is 26.3 Å². The molecule has 0 aromatic heterocycles. The van der Waals surface area contributed by atoms with Crippen molar-refractivity contribution in [2.24, 2.45) is 0 Å². The van der Waals surface area contributed by atoms with E-state index >= 15 is 0 Å². The number of nitrogens with zero attached hydrogens (tertiary/aromatic N) is 1. The predicted molar refractivity (Wildman–Crippen MR) is 127 cm³/mol. The second kappa shape index (κ2) is 11.7. The molecule has 0 saturated carbocycles. The maximum absolute atomic E-state index is 12.2. The van der Waals surface area contributed by atoms with Crippen molar-refractivity contribution < 1.29 is 24.2 Å². The van der Waals surface area contributed by atoms with Gasteiger partial charge in [-0.2, -0.15) is 0 Å². The highest BCUT2D eigenvalue weighted by molar-refractivity contribution is 5.78. The van der Waals surface area contributed by atoms with E-state index in [0.717, 1.165) is 16.9 Å². The topological polar surface area (TPSA) is 88.1 Å². The highest BCUT2D eigenvalue weighted by Crippen LogP contribution is 2.19. The first-order chi connectivity index (χ1) is 15.8. The SMILES string of the molecule is Cc1ccc(OCC(=O)NC2CCN(C(CCOc3ccc(C)c(C)c3)C(=O)O)CC2)cc1. The highest BCUT2D eigenvalue weighted by Gasteiger charge is 2.30. The minimum absolute atomic E-state index is 0.0246. The summed E-state index contributed by atoms with van der Waals surface area (Å²) in [6, 6.07) is 12.9. The molecule has 1 heterocycles. The zero-order chi connectivity index (χ0) is 23.8. The van der Waals surface area contributed by atoms with Crippen LogP contribution in [-0.2, 0) is 9.59 Å². The van der Waals surface area contributed by atoms with Crippen LogP contribution in [0.4, 0.5) is 0 Å². The third-order valence-corrected chi connectivity index (χ3v) is 6.15. The molecule has 7 nitrogen and oxygen atoms in total. The smallest absolute Gasteiger partial charge is 0.321 e. The van der Waals surface area contributed by atoms with Crippen molar-refractivity contribution in [2.45, 2.75) is 52.1 Å². The van der Waals surface area contributed by atoms with Crippen molar-refractivity contribution in [1.29, 1.82) is 0 Å². The molecule has 2 N–H and O–H groups in total. The lowest BCUT2D eigenvalue weighted by Gasteiger charge is -2.35. The lowest BCUT2D eigenvalue weighted by atomic mass is 10.0. The molecule has 0 bridgehead atoms. The van der Waals surface area contributed by atoms with Crippen LogP contribution in [-0.4, -0.2) is 60.3 Å². The number of amides is 1. The number of aliphatic carboxylic acids is 1. The molecule has 0 spiro atoms. The molecule has 1 aliphatic rings. The van der Waals surface area contributed by atoms with Gasteiger partial charge in [-0.25, -0.2) is 0 Å². The number of piperidine rings is 1. The Bertz CT molecular complexity index is 936. The second-order valence-electron chi connectivity index (χ2n) is 8.72. The third-order valence-electron chi connectivity index (χ3n) is 6.15. The Hall–Kier alpha value is -3.06. The molecule has 1 fully saturated rings. The van der Waals surface area contributed by atoms with E-state index in [2.05, 4.69) is 5.32 Å². The second-order valence-corrected chi connectivity index (χ2v) is 8.72. The van der Waals surface area contributed by atoms with Crippen molar-refractivity contribution in [1.82, 2.24) is 10.2 Å². The summed E-state index contributed by atoms with van der Waals surface area (Å²) in [6.07, 6.45) is 1.82. The first kappa shape index (κ1) is 24.6. The lowest BCUT2D eigenvalue weighted by molar-refractivity contribution is -0.144. The fourth-order valence-electron chi connectivity index (χ4n) is 3.96. The Labute approximate surface area is 195 Å². The number of hydrogen-bond acceptors (Lipinski definition) is 5. The number of hydrogen-bond donors (Lipinski definition) is 2. The van der Waals surface area contributed by atoms with E-state index < -0.39 is 12.0 Å². The van der Waals surface area contributed by atoms with E-state index in [1.807, 2.05) is 68.1 Å². The number of carbonyl (C=O) groups is 2. The van der Waals surface area contributed by atoms with Crippen molar-refractivity contribution in [3.8, 4) is 11.5 Å². The average molecular weight is 455 g/mol. The molecule has 1 amide bonds. The number of benzene rings is 2. The Morgan fingerprint density at radius 1 is 1.00 bits per heavy atom. The van der Waals surface area contributed by atoms with E-state index in [1.54, 1.807) is 0 Å². The molecule has 1 unspecified atom stereocenters. The van der Waals surface area contributed by atoms with Gasteiger partial charge < -0.3 is 19.9 Å². The van der Waals surface area contributed by atoms with Gasteiger partial charge in [0.2, 0.25) is 0 Å². The summed E-state index contributed by atoms with van der Waals surface area (Å²) >= 11 is 0. The number of nitrogens with one attached hydrogen (secondary N) is 1. The predicted octanol–water partition coefficient (Wildman–Crippen LogP) is 3.49. The number of likely N-dealkylation sites (tertiary alicyclic amines) is 1. The van der Waals surface area contributed by atoms with Crippen LogP contribution in [0.25, 0.3) is 0 Å². The monoisotopic (exact) mass is 454 g/mol. The summed E-state index contributed by atoms with van der Waals surface area (Å²) in [4.78, 5) is 26.1. The molecule has 1 aliphatic heterocycles. The van der Waals surface area contributed by atoms with Gasteiger partial charge in [0.05, 0.1) is 6.61 Å². The molecule has 3 rings (SSSR count). The van der Waals surface area contributed by atoms with Gasteiger partial charge in [0.1, 0.15) is 17.5 Å². The highest BCUT2D eigenvalue weighted by atomic mass is 16.5. The molecule has 1 saturated heterocycles. The van der Waals surface area contributed by atoms with Gasteiger partial charge >= 0.3 is 5.97 Å². The Morgan fingerprint density at radius 2 is 1.67 bits per heavy atom. The number of carboxylic acid groups (broad SMARTS) is 1. The molecule has 1 atom stereocenters. The summed E-state index contributed by atoms with van der Waals surface area (Å²) in [5.41, 5.74) is 3.48. The van der Waals surface area contributed by atoms with Crippen LogP contribution < -0.4 is 14.8 Å². The third kappa shape index (κ3) is 7.49. The minimum atomic E-state index is -0.840. The van der Waals surface area contributed by atoms with Crippen molar-refractivity contribution in [3.63, 3.8) is 0 Å². The van der Waals surface area contributed by atoms with Gasteiger partial charge in [0.15, 0.2) is 6.61 Å². The van der Waals surface area contributed by atoms with Gasteiger partial charge in [-0.05, 0) is 69.0 Å². The number of aryl methyl sites for hydroxylation is 3. The number of carboxylic acids is 1. The van der Waals surface area contributed by atoms with Crippen molar-refractivity contribution in [3.05, 3.63) is 59.2 Å². The van der Waals surface area contributed by atoms with Crippen LogP contribution in [0.5, 0.6) is 11.5 Å². The molecule has 2 aromatic carbocycles. The first-order valence-corrected chi connectivity index (χ1v) is 11.5. The molecular formula is C26H34N2O5. The van der Waals surface area contributed by atoms with Gasteiger partial charge in [-0.3, -0.25) is 14.5 Å². The molecule has 0 radical (unpaired) electrons. The average Bonchev–Trinajstić information content (AvgIpc) is 2.79. The van der Waals surface area contributed by atoms with E-state index in [0.29, 0.717) is 44.7 Å². The maximum atomic E-state index is 12.2. The summed E-state index contributed by atoms with van der Waals surface area (Å²) in [5, 5.41) is 12.7. The standard InChI is InChI=1S/C26H34N2O5/c1-18-4-7-22(8-5-18)33-17-25(29)27-21-10-13-28(14-11-21)24(26(30)31)12-15-32-23-9-6-19(2)20(3)16-23/h4-9,16,21,24H,10-15,17H2,1-3H3,(H,27,29)(H,30,31). The Morgan fingerprint density at radius 3 is 2.30 bits per heavy atom. The zero-order valence-electron chi connectivity index (χ0n) is 19.7. The first-order valence-electron chi connectivity index (χ1n) is 11.5. The molecule has 7 heteroatoms. The van der Waals surface area contributed by atoms with E-state index in [9.17, 15) is 14.7 Å². The summed E-state index contributed by atoms with van der Waals surface area (Å²) < 4.78 is 11.3. The fourth-order valence-corrected chi connectivity index (χ4v) is 3.96. The maximum Gasteiger partial charge on any atom is 0.321 e. The number of rotatable bonds is 10. The van der Waals surface area contributed by atoms with Gasteiger partial charge in [-0.1, -0.05) is 23.8 Å². The van der Waals surface area contributed by atoms with Gasteiger partial charge in [-0.15, -0.1) is 0 Å². The molecule has 0 aliphatic carbocycles.